The van der Waals surface area contributed by atoms with Crippen LogP contribution in [0.4, 0.5) is 36.8 Å². The molecule has 4 amide bonds. The van der Waals surface area contributed by atoms with Crippen LogP contribution in [0.15, 0.2) is 58.3 Å². The smallest absolute Gasteiger partial charge is 0.338 e. The van der Waals surface area contributed by atoms with Crippen molar-refractivity contribution < 1.29 is 57.6 Å². The van der Waals surface area contributed by atoms with Crippen LogP contribution in [0.25, 0.3) is 0 Å². The number of urea groups is 1. The van der Waals surface area contributed by atoms with Crippen molar-refractivity contribution in [2.75, 3.05) is 43.6 Å². The zero-order valence-corrected chi connectivity index (χ0v) is 25.1. The second kappa shape index (κ2) is 11.8. The van der Waals surface area contributed by atoms with E-state index in [1.54, 1.807) is 0 Å². The molecule has 0 radical (unpaired) electrons. The minimum atomic E-state index is -5.09. The third-order valence-corrected chi connectivity index (χ3v) is 9.49. The zero-order chi connectivity index (χ0) is 33.7. The summed E-state index contributed by atoms with van der Waals surface area (Å²) in [5, 5.41) is 0. The predicted molar refractivity (Wildman–Crippen MR) is 147 cm³/mol. The van der Waals surface area contributed by atoms with Crippen LogP contribution in [0.1, 0.15) is 29.0 Å². The molecular weight excluding hydrogens is 656 g/mol. The number of carbonyl (C=O) groups is 3. The lowest BCUT2D eigenvalue weighted by Crippen LogP contribution is -2.33. The van der Waals surface area contributed by atoms with Gasteiger partial charge >= 0.3 is 18.4 Å². The number of likely N-dealkylation sites (tertiary alicyclic amines) is 1. The van der Waals surface area contributed by atoms with E-state index in [0.29, 0.717) is 29.5 Å². The molecule has 10 nitrogen and oxygen atoms in total. The minimum Gasteiger partial charge on any atom is -0.338 e. The van der Waals surface area contributed by atoms with Gasteiger partial charge in [-0.1, -0.05) is 18.2 Å². The highest BCUT2D eigenvalue weighted by molar-refractivity contribution is 7.91. The fraction of sp³-hybridized carbons (Fsp3) is 0.370. The predicted octanol–water partition coefficient (Wildman–Crippen LogP) is 3.87. The summed E-state index contributed by atoms with van der Waals surface area (Å²) in [6.07, 6.45) is -6.01. The number of benzene rings is 2. The molecule has 1 unspecified atom stereocenters. The first-order valence-corrected chi connectivity index (χ1v) is 16.7. The van der Waals surface area contributed by atoms with Crippen molar-refractivity contribution in [2.24, 2.45) is 0 Å². The summed E-state index contributed by atoms with van der Waals surface area (Å²) in [7, 11) is -8.45. The van der Waals surface area contributed by atoms with Crippen molar-refractivity contribution >= 4 is 43.2 Å². The number of amides is 4. The first kappa shape index (κ1) is 34.0. The molecule has 4 rings (SSSR count). The van der Waals surface area contributed by atoms with E-state index in [1.807, 2.05) is 0 Å². The van der Waals surface area contributed by atoms with Crippen molar-refractivity contribution in [1.82, 2.24) is 9.80 Å². The topological polar surface area (TPSA) is 129 Å². The van der Waals surface area contributed by atoms with Crippen molar-refractivity contribution in [1.29, 1.82) is 0 Å². The maximum Gasteiger partial charge on any atom is 0.417 e. The summed E-state index contributed by atoms with van der Waals surface area (Å²) >= 11 is 0. The molecule has 45 heavy (non-hydrogen) atoms. The Bertz CT molecular complexity index is 1810. The van der Waals surface area contributed by atoms with Crippen LogP contribution >= 0.6 is 0 Å². The highest BCUT2D eigenvalue weighted by atomic mass is 32.2. The van der Waals surface area contributed by atoms with Gasteiger partial charge in [0.2, 0.25) is 5.91 Å². The fourth-order valence-electron chi connectivity index (χ4n) is 5.07. The van der Waals surface area contributed by atoms with Crippen molar-refractivity contribution in [3.8, 4) is 0 Å². The lowest BCUT2D eigenvalue weighted by molar-refractivity contribution is -0.140. The second-order valence-electron chi connectivity index (χ2n) is 10.5. The van der Waals surface area contributed by atoms with Crippen molar-refractivity contribution in [2.45, 2.75) is 34.5 Å². The molecule has 0 aromatic heterocycles. The molecule has 2 aromatic rings. The van der Waals surface area contributed by atoms with Gasteiger partial charge in [0, 0.05) is 44.5 Å². The van der Waals surface area contributed by atoms with Crippen LogP contribution in [0.2, 0.25) is 0 Å². The van der Waals surface area contributed by atoms with E-state index >= 15 is 0 Å². The van der Waals surface area contributed by atoms with Gasteiger partial charge in [-0.05, 0) is 35.9 Å². The molecule has 0 N–H and O–H groups in total. The maximum absolute atomic E-state index is 13.6. The van der Waals surface area contributed by atoms with E-state index in [1.165, 1.54) is 23.1 Å². The molecular formula is C27H25F6N3O7S2. The highest BCUT2D eigenvalue weighted by Gasteiger charge is 2.41. The maximum atomic E-state index is 13.6. The molecule has 2 heterocycles. The SMILES string of the molecule is CS(=O)(=O)c1ccc(C2CC(=O)N(CC=CCN3CC(=O)N(c4ccc(S(C)(=O)=O)c(C(F)(F)F)c4)C3=O)C2)cc1C(F)(F)F. The molecule has 2 fully saturated rings. The molecule has 2 saturated heterocycles. The second-order valence-corrected chi connectivity index (χ2v) is 14.5. The van der Waals surface area contributed by atoms with Gasteiger partial charge in [0.25, 0.3) is 5.91 Å². The van der Waals surface area contributed by atoms with E-state index in [9.17, 15) is 57.6 Å². The molecule has 0 saturated carbocycles. The standard InChI is InChI=1S/C27H25F6N3O7S2/c1-44(40,41)21-7-5-16(11-19(21)26(28,29)30)17-12-23(37)34(14-17)9-3-4-10-35-15-24(38)36(25(35)39)18-6-8-22(45(2,42)43)20(13-18)27(31,32)33/h3-8,11,13,17H,9-10,12,14-15H2,1-2H3. The Balaban J connectivity index is 1.42. The minimum absolute atomic E-state index is 0.00945. The number of anilines is 1. The van der Waals surface area contributed by atoms with E-state index in [0.717, 1.165) is 23.1 Å². The zero-order valence-electron chi connectivity index (χ0n) is 23.5. The van der Waals surface area contributed by atoms with Gasteiger partial charge in [0.05, 0.1) is 26.6 Å². The van der Waals surface area contributed by atoms with Crippen molar-refractivity contribution in [3.05, 3.63) is 65.2 Å². The molecule has 2 aromatic carbocycles. The molecule has 2 aliphatic heterocycles. The largest absolute Gasteiger partial charge is 0.417 e. The van der Waals surface area contributed by atoms with Crippen LogP contribution < -0.4 is 4.90 Å². The van der Waals surface area contributed by atoms with Gasteiger partial charge in [-0.25, -0.2) is 26.5 Å². The van der Waals surface area contributed by atoms with Gasteiger partial charge in [-0.3, -0.25) is 9.59 Å². The first-order valence-electron chi connectivity index (χ1n) is 13.0. The first-order chi connectivity index (χ1) is 20.6. The van der Waals surface area contributed by atoms with Crippen LogP contribution in [0, 0.1) is 0 Å². The Morgan fingerprint density at radius 2 is 1.27 bits per heavy atom. The third kappa shape index (κ3) is 7.32. The van der Waals surface area contributed by atoms with Gasteiger partial charge in [-0.2, -0.15) is 26.3 Å². The fourth-order valence-corrected chi connectivity index (χ4v) is 6.85. The quantitative estimate of drug-likeness (QED) is 0.235. The summed E-state index contributed by atoms with van der Waals surface area (Å²) in [5.74, 6) is -1.89. The van der Waals surface area contributed by atoms with Gasteiger partial charge in [0.15, 0.2) is 19.7 Å². The van der Waals surface area contributed by atoms with E-state index in [2.05, 4.69) is 0 Å². The number of hydrogen-bond donors (Lipinski definition) is 0. The highest BCUT2D eigenvalue weighted by Crippen LogP contribution is 2.39. The molecule has 244 valence electrons. The Morgan fingerprint density at radius 3 is 1.80 bits per heavy atom. The summed E-state index contributed by atoms with van der Waals surface area (Å²) in [5.41, 5.74) is -3.19. The van der Waals surface area contributed by atoms with Gasteiger partial charge in [0.1, 0.15) is 6.54 Å². The van der Waals surface area contributed by atoms with Gasteiger partial charge in [-0.15, -0.1) is 0 Å². The lowest BCUT2D eigenvalue weighted by atomic mass is 9.96. The van der Waals surface area contributed by atoms with E-state index < -0.39 is 83.0 Å². The Hall–Kier alpha value is -3.93. The number of sulfone groups is 2. The van der Waals surface area contributed by atoms with Crippen molar-refractivity contribution in [3.63, 3.8) is 0 Å². The molecule has 1 atom stereocenters. The van der Waals surface area contributed by atoms with Crippen LogP contribution in [0.5, 0.6) is 0 Å². The number of rotatable bonds is 8. The Morgan fingerprint density at radius 1 is 0.756 bits per heavy atom. The Kier molecular flexibility index (Phi) is 8.89. The number of nitrogens with zero attached hydrogens (tertiary/aromatic N) is 3. The van der Waals surface area contributed by atoms with Crippen LogP contribution in [-0.4, -0.2) is 83.2 Å². The molecule has 18 heteroatoms. The monoisotopic (exact) mass is 681 g/mol. The molecule has 0 aliphatic carbocycles. The summed E-state index contributed by atoms with van der Waals surface area (Å²) in [6, 6.07) is 3.86. The van der Waals surface area contributed by atoms with Crippen LogP contribution in [-0.2, 0) is 41.6 Å². The summed E-state index contributed by atoms with van der Waals surface area (Å²) < 4.78 is 129. The number of halogens is 6. The lowest BCUT2D eigenvalue weighted by Gasteiger charge is -2.19. The number of alkyl halides is 6. The average molecular weight is 682 g/mol. The number of hydrogen-bond acceptors (Lipinski definition) is 7. The summed E-state index contributed by atoms with van der Waals surface area (Å²) in [4.78, 5) is 38.9. The van der Waals surface area contributed by atoms with Crippen LogP contribution in [0.3, 0.4) is 0 Å². The molecule has 0 spiro atoms. The normalized spacial score (nSPS) is 18.6. The third-order valence-electron chi connectivity index (χ3n) is 7.18. The average Bonchev–Trinajstić information content (AvgIpc) is 3.41. The number of imide groups is 1. The number of carbonyl (C=O) groups excluding carboxylic acids is 3. The summed E-state index contributed by atoms with van der Waals surface area (Å²) in [6.45, 7) is -0.654. The van der Waals surface area contributed by atoms with E-state index in [-0.39, 0.29) is 37.5 Å². The van der Waals surface area contributed by atoms with Gasteiger partial charge < -0.3 is 9.80 Å². The molecule has 0 bridgehead atoms. The molecule has 2 aliphatic rings. The Labute approximate surface area is 253 Å². The van der Waals surface area contributed by atoms with E-state index in [4.69, 9.17) is 0 Å².